The molecule has 0 aliphatic carbocycles. The lowest BCUT2D eigenvalue weighted by molar-refractivity contribution is -0.123. The van der Waals surface area contributed by atoms with Crippen LogP contribution < -0.4 is 5.32 Å². The zero-order chi connectivity index (χ0) is 43.5. The first-order chi connectivity index (χ1) is 29.7. The molecule has 358 valence electrons. The van der Waals surface area contributed by atoms with E-state index < -0.39 is 12.1 Å². The van der Waals surface area contributed by atoms with Gasteiger partial charge >= 0.3 is 0 Å². The smallest absolute Gasteiger partial charge is 0.220 e. The van der Waals surface area contributed by atoms with Crippen LogP contribution in [0, 0.1) is 0 Å². The molecule has 0 aromatic heterocycles. The second-order valence-electron chi connectivity index (χ2n) is 19.4. The fourth-order valence-corrected chi connectivity index (χ4v) is 9.01. The lowest BCUT2D eigenvalue weighted by atomic mass is 10.0. The second-order valence-corrected chi connectivity index (χ2v) is 19.4. The fourth-order valence-electron chi connectivity index (χ4n) is 9.01. The van der Waals surface area contributed by atoms with Gasteiger partial charge in [-0.2, -0.15) is 0 Å². The molecule has 60 heavy (non-hydrogen) atoms. The number of hydrogen-bond donors (Lipinski definition) is 3. The Morgan fingerprint density at radius 2 is 0.633 bits per heavy atom. The van der Waals surface area contributed by atoms with E-state index in [9.17, 15) is 15.0 Å². The molecule has 0 heterocycles. The summed E-state index contributed by atoms with van der Waals surface area (Å²) in [6.45, 7) is 4.39. The highest BCUT2D eigenvalue weighted by Crippen LogP contribution is 2.18. The number of carbonyl (C=O) groups is 1. The van der Waals surface area contributed by atoms with Gasteiger partial charge in [0.15, 0.2) is 0 Å². The quantitative estimate of drug-likeness (QED) is 0.0422. The van der Waals surface area contributed by atoms with Crippen LogP contribution in [0.1, 0.15) is 322 Å². The monoisotopic (exact) mass is 846 g/mol. The summed E-state index contributed by atoms with van der Waals surface area (Å²) < 4.78 is 0. The average Bonchev–Trinajstić information content (AvgIpc) is 3.25. The summed E-state index contributed by atoms with van der Waals surface area (Å²) in [5.74, 6) is -0.0250. The van der Waals surface area contributed by atoms with E-state index in [2.05, 4.69) is 31.3 Å². The van der Waals surface area contributed by atoms with Crippen LogP contribution in [0.4, 0.5) is 0 Å². The molecule has 1 amide bonds. The van der Waals surface area contributed by atoms with E-state index in [0.29, 0.717) is 12.8 Å². The molecule has 4 heteroatoms. The van der Waals surface area contributed by atoms with Crippen LogP contribution in [0.5, 0.6) is 0 Å². The number of carbonyl (C=O) groups excluding carboxylic acids is 1. The van der Waals surface area contributed by atoms with Gasteiger partial charge in [-0.05, 0) is 38.5 Å². The predicted molar refractivity (Wildman–Crippen MR) is 267 cm³/mol. The van der Waals surface area contributed by atoms with E-state index in [1.165, 1.54) is 270 Å². The van der Waals surface area contributed by atoms with Gasteiger partial charge < -0.3 is 15.5 Å². The molecule has 0 saturated carbocycles. The molecule has 4 nitrogen and oxygen atoms in total. The Morgan fingerprint density at radius 1 is 0.383 bits per heavy atom. The highest BCUT2D eigenvalue weighted by Gasteiger charge is 2.20. The third kappa shape index (κ3) is 48.2. The van der Waals surface area contributed by atoms with Gasteiger partial charge in [0, 0.05) is 6.42 Å². The lowest BCUT2D eigenvalue weighted by Gasteiger charge is -2.22. The van der Waals surface area contributed by atoms with Crippen LogP contribution in [-0.4, -0.2) is 34.9 Å². The summed E-state index contributed by atoms with van der Waals surface area (Å²) in [6.07, 6.45) is 67.8. The van der Waals surface area contributed by atoms with Gasteiger partial charge in [-0.1, -0.05) is 289 Å². The minimum Gasteiger partial charge on any atom is -0.394 e. The van der Waals surface area contributed by atoms with Crippen molar-refractivity contribution >= 4 is 5.91 Å². The molecule has 2 unspecified atom stereocenters. The van der Waals surface area contributed by atoms with Crippen LogP contribution in [0.3, 0.4) is 0 Å². The number of allylic oxidation sites excluding steroid dienone is 2. The average molecular weight is 847 g/mol. The first-order valence-electron chi connectivity index (χ1n) is 27.9. The Kier molecular flexibility index (Phi) is 51.7. The molecular weight excluding hydrogens is 735 g/mol. The molecule has 3 N–H and O–H groups in total. The number of aliphatic hydroxyl groups excluding tert-OH is 2. The van der Waals surface area contributed by atoms with E-state index in [-0.39, 0.29) is 12.5 Å². The van der Waals surface area contributed by atoms with E-state index in [1.54, 1.807) is 0 Å². The van der Waals surface area contributed by atoms with Crippen molar-refractivity contribution in [3.8, 4) is 0 Å². The van der Waals surface area contributed by atoms with Gasteiger partial charge in [0.1, 0.15) is 0 Å². The summed E-state index contributed by atoms with van der Waals surface area (Å²) in [4.78, 5) is 12.5. The molecule has 0 radical (unpaired) electrons. The summed E-state index contributed by atoms with van der Waals surface area (Å²) in [6, 6.07) is -0.532. The van der Waals surface area contributed by atoms with Gasteiger partial charge in [0.2, 0.25) is 5.91 Å². The molecule has 0 saturated heterocycles. The minimum atomic E-state index is -0.655. The maximum atomic E-state index is 12.5. The van der Waals surface area contributed by atoms with Crippen LogP contribution in [-0.2, 0) is 4.79 Å². The lowest BCUT2D eigenvalue weighted by Crippen LogP contribution is -2.45. The van der Waals surface area contributed by atoms with Crippen molar-refractivity contribution in [3.63, 3.8) is 0 Å². The molecule has 0 bridgehead atoms. The number of amides is 1. The van der Waals surface area contributed by atoms with Crippen LogP contribution in [0.15, 0.2) is 12.2 Å². The topological polar surface area (TPSA) is 69.6 Å². The predicted octanol–water partition coefficient (Wildman–Crippen LogP) is 18.1. The Labute approximate surface area is 377 Å². The van der Waals surface area contributed by atoms with Crippen LogP contribution in [0.25, 0.3) is 0 Å². The molecule has 2 atom stereocenters. The summed E-state index contributed by atoms with van der Waals surface area (Å²) >= 11 is 0. The van der Waals surface area contributed by atoms with Crippen LogP contribution in [0.2, 0.25) is 0 Å². The maximum absolute atomic E-state index is 12.5. The zero-order valence-electron chi connectivity index (χ0n) is 41.3. The summed E-state index contributed by atoms with van der Waals surface area (Å²) in [5.41, 5.74) is 0. The molecular formula is C56H111NO3. The summed E-state index contributed by atoms with van der Waals surface area (Å²) in [7, 11) is 0. The van der Waals surface area contributed by atoms with E-state index in [4.69, 9.17) is 0 Å². The maximum Gasteiger partial charge on any atom is 0.220 e. The van der Waals surface area contributed by atoms with Crippen molar-refractivity contribution in [3.05, 3.63) is 12.2 Å². The third-order valence-corrected chi connectivity index (χ3v) is 13.3. The molecule has 0 aromatic carbocycles. The summed E-state index contributed by atoms with van der Waals surface area (Å²) in [5, 5.41) is 23.3. The number of aliphatic hydroxyl groups is 2. The largest absolute Gasteiger partial charge is 0.394 e. The highest BCUT2D eigenvalue weighted by atomic mass is 16.3. The SMILES string of the molecule is CCCCCCCCCCCCCC/C=C\CCCCCCCCCCCCCCCCCCCC(=O)NC(CO)C(O)CCCCCCCCCCCCCCCCC. The van der Waals surface area contributed by atoms with Crippen molar-refractivity contribution in [2.75, 3.05) is 6.61 Å². The van der Waals surface area contributed by atoms with Crippen molar-refractivity contribution < 1.29 is 15.0 Å². The Morgan fingerprint density at radius 3 is 0.917 bits per heavy atom. The number of nitrogens with one attached hydrogen (secondary N) is 1. The van der Waals surface area contributed by atoms with Gasteiger partial charge in [0.05, 0.1) is 18.8 Å². The van der Waals surface area contributed by atoms with Crippen molar-refractivity contribution in [1.82, 2.24) is 5.32 Å². The molecule has 0 fully saturated rings. The standard InChI is InChI=1S/C56H111NO3/c1-3-5-7-9-11-13-15-17-19-20-21-22-23-24-25-26-27-28-29-30-31-32-33-34-35-36-38-40-42-44-46-48-50-52-56(60)57-54(53-58)55(59)51-49-47-45-43-41-39-37-18-16-14-12-10-8-6-4-2/h24-25,54-55,58-59H,3-23,26-53H2,1-2H3,(H,57,60)/b25-24-. The van der Waals surface area contributed by atoms with Crippen LogP contribution >= 0.6 is 0 Å². The van der Waals surface area contributed by atoms with Gasteiger partial charge in [-0.15, -0.1) is 0 Å². The number of rotatable bonds is 52. The molecule has 0 aliphatic heterocycles. The number of hydrogen-bond acceptors (Lipinski definition) is 3. The third-order valence-electron chi connectivity index (χ3n) is 13.3. The van der Waals surface area contributed by atoms with Crippen molar-refractivity contribution in [2.45, 2.75) is 334 Å². The van der Waals surface area contributed by atoms with Gasteiger partial charge in [-0.3, -0.25) is 4.79 Å². The minimum absolute atomic E-state index is 0.0250. The molecule has 0 aromatic rings. The highest BCUT2D eigenvalue weighted by molar-refractivity contribution is 5.76. The van der Waals surface area contributed by atoms with Gasteiger partial charge in [0.25, 0.3) is 0 Å². The Hall–Kier alpha value is -0.870. The van der Waals surface area contributed by atoms with E-state index in [0.717, 1.165) is 25.7 Å². The van der Waals surface area contributed by atoms with Crippen molar-refractivity contribution in [2.24, 2.45) is 0 Å². The fraction of sp³-hybridized carbons (Fsp3) is 0.946. The molecule has 0 aliphatic rings. The first kappa shape index (κ1) is 59.1. The molecule has 0 spiro atoms. The number of unbranched alkanes of at least 4 members (excludes halogenated alkanes) is 43. The normalized spacial score (nSPS) is 12.8. The second kappa shape index (κ2) is 52.5. The zero-order valence-corrected chi connectivity index (χ0v) is 41.3. The van der Waals surface area contributed by atoms with E-state index in [1.807, 2.05) is 0 Å². The first-order valence-corrected chi connectivity index (χ1v) is 27.9. The van der Waals surface area contributed by atoms with Gasteiger partial charge in [-0.25, -0.2) is 0 Å². The van der Waals surface area contributed by atoms with Crippen molar-refractivity contribution in [1.29, 1.82) is 0 Å². The Balaban J connectivity index is 3.38. The Bertz CT molecular complexity index is 829. The molecule has 0 rings (SSSR count). The van der Waals surface area contributed by atoms with E-state index >= 15 is 0 Å².